The highest BCUT2D eigenvalue weighted by molar-refractivity contribution is 9.11. The molecule has 0 unspecified atom stereocenters. The van der Waals surface area contributed by atoms with Crippen molar-refractivity contribution in [2.75, 3.05) is 19.8 Å². The van der Waals surface area contributed by atoms with Gasteiger partial charge in [0, 0.05) is 23.0 Å². The number of anilines is 1. The lowest BCUT2D eigenvalue weighted by atomic mass is 10.3. The summed E-state index contributed by atoms with van der Waals surface area (Å²) in [6.45, 7) is 0. The molecule has 0 spiro atoms. The van der Waals surface area contributed by atoms with Crippen molar-refractivity contribution in [1.82, 2.24) is 4.31 Å². The molecule has 1 rings (SSSR count). The van der Waals surface area contributed by atoms with Crippen LogP contribution in [0.1, 0.15) is 0 Å². The minimum Gasteiger partial charge on any atom is -0.397 e. The maximum atomic E-state index is 11.8. The smallest absolute Gasteiger partial charge is 0.242 e. The van der Waals surface area contributed by atoms with Crippen LogP contribution in [-0.2, 0) is 10.0 Å². The minimum absolute atomic E-state index is 0.195. The van der Waals surface area contributed by atoms with Crippen molar-refractivity contribution < 1.29 is 8.42 Å². The van der Waals surface area contributed by atoms with E-state index < -0.39 is 10.0 Å². The van der Waals surface area contributed by atoms with Crippen LogP contribution in [0.15, 0.2) is 26.0 Å². The Labute approximate surface area is 106 Å². The van der Waals surface area contributed by atoms with E-state index in [1.165, 1.54) is 26.2 Å². The van der Waals surface area contributed by atoms with Crippen LogP contribution in [0.3, 0.4) is 0 Å². The highest BCUT2D eigenvalue weighted by Crippen LogP contribution is 2.31. The van der Waals surface area contributed by atoms with Gasteiger partial charge in [-0.3, -0.25) is 0 Å². The molecule has 0 aliphatic heterocycles. The second kappa shape index (κ2) is 4.40. The number of sulfonamides is 1. The van der Waals surface area contributed by atoms with Gasteiger partial charge in [-0.15, -0.1) is 0 Å². The third-order valence-corrected chi connectivity index (χ3v) is 4.94. The van der Waals surface area contributed by atoms with Gasteiger partial charge in [0.1, 0.15) is 0 Å². The number of nitrogens with two attached hydrogens (primary N) is 1. The summed E-state index contributed by atoms with van der Waals surface area (Å²) in [7, 11) is -0.462. The van der Waals surface area contributed by atoms with Gasteiger partial charge in [-0.25, -0.2) is 12.7 Å². The van der Waals surface area contributed by atoms with Crippen molar-refractivity contribution in [2.24, 2.45) is 0 Å². The fraction of sp³-hybridized carbons (Fsp3) is 0.250. The van der Waals surface area contributed by atoms with Crippen LogP contribution < -0.4 is 5.73 Å². The maximum absolute atomic E-state index is 11.8. The number of rotatable bonds is 2. The van der Waals surface area contributed by atoms with E-state index in [-0.39, 0.29) is 4.90 Å². The van der Waals surface area contributed by atoms with Crippen LogP contribution in [0.4, 0.5) is 5.69 Å². The summed E-state index contributed by atoms with van der Waals surface area (Å²) in [4.78, 5) is 0.195. The molecular weight excluding hydrogens is 348 g/mol. The fourth-order valence-electron chi connectivity index (χ4n) is 0.921. The molecule has 0 saturated carbocycles. The van der Waals surface area contributed by atoms with Crippen LogP contribution in [0.25, 0.3) is 0 Å². The molecule has 0 heterocycles. The summed E-state index contributed by atoms with van der Waals surface area (Å²) >= 11 is 6.40. The molecule has 0 radical (unpaired) electrons. The molecule has 4 nitrogen and oxygen atoms in total. The SMILES string of the molecule is CN(C)S(=O)(=O)c1cc(Br)c(N)c(Br)c1. The van der Waals surface area contributed by atoms with Gasteiger partial charge in [0.15, 0.2) is 0 Å². The van der Waals surface area contributed by atoms with Crippen LogP contribution in [0.5, 0.6) is 0 Å². The van der Waals surface area contributed by atoms with Crippen molar-refractivity contribution in [3.63, 3.8) is 0 Å². The van der Waals surface area contributed by atoms with E-state index in [1.54, 1.807) is 0 Å². The van der Waals surface area contributed by atoms with E-state index in [1.807, 2.05) is 0 Å². The molecule has 0 aliphatic rings. The van der Waals surface area contributed by atoms with Gasteiger partial charge < -0.3 is 5.73 Å². The van der Waals surface area contributed by atoms with Gasteiger partial charge in [0.05, 0.1) is 10.6 Å². The highest BCUT2D eigenvalue weighted by atomic mass is 79.9. The zero-order chi connectivity index (χ0) is 11.8. The Kier molecular flexibility index (Phi) is 3.80. The number of hydrogen-bond donors (Lipinski definition) is 1. The standard InChI is InChI=1S/C8H10Br2N2O2S/c1-12(2)15(13,14)5-3-6(9)8(11)7(10)4-5/h3-4H,11H2,1-2H3. The van der Waals surface area contributed by atoms with Crippen molar-refractivity contribution >= 4 is 47.6 Å². The lowest BCUT2D eigenvalue weighted by Crippen LogP contribution is -2.22. The minimum atomic E-state index is -3.42. The second-order valence-electron chi connectivity index (χ2n) is 3.09. The average Bonchev–Trinajstić information content (AvgIpc) is 2.13. The van der Waals surface area contributed by atoms with Gasteiger partial charge in [0.2, 0.25) is 10.0 Å². The lowest BCUT2D eigenvalue weighted by Gasteiger charge is -2.13. The van der Waals surface area contributed by atoms with Gasteiger partial charge in [-0.1, -0.05) is 0 Å². The van der Waals surface area contributed by atoms with Gasteiger partial charge in [-0.2, -0.15) is 0 Å². The van der Waals surface area contributed by atoms with E-state index in [2.05, 4.69) is 31.9 Å². The topological polar surface area (TPSA) is 63.4 Å². The average molecular weight is 358 g/mol. The molecule has 0 fully saturated rings. The zero-order valence-corrected chi connectivity index (χ0v) is 12.1. The molecule has 7 heteroatoms. The van der Waals surface area contributed by atoms with Gasteiger partial charge >= 0.3 is 0 Å². The highest BCUT2D eigenvalue weighted by Gasteiger charge is 2.19. The van der Waals surface area contributed by atoms with E-state index in [0.717, 1.165) is 4.31 Å². The van der Waals surface area contributed by atoms with Crippen molar-refractivity contribution in [2.45, 2.75) is 4.90 Å². The molecule has 2 N–H and O–H groups in total. The largest absolute Gasteiger partial charge is 0.397 e. The molecule has 0 bridgehead atoms. The van der Waals surface area contributed by atoms with E-state index >= 15 is 0 Å². The molecule has 0 aromatic heterocycles. The van der Waals surface area contributed by atoms with Gasteiger partial charge in [-0.05, 0) is 44.0 Å². The molecule has 0 saturated heterocycles. The fourth-order valence-corrected chi connectivity index (χ4v) is 3.37. The maximum Gasteiger partial charge on any atom is 0.242 e. The predicted molar refractivity (Wildman–Crippen MR) is 67.1 cm³/mol. The molecular formula is C8H10Br2N2O2S. The summed E-state index contributed by atoms with van der Waals surface area (Å²) < 4.78 is 25.8. The first-order valence-corrected chi connectivity index (χ1v) is 6.96. The van der Waals surface area contributed by atoms with Crippen molar-refractivity contribution in [3.8, 4) is 0 Å². The summed E-state index contributed by atoms with van der Waals surface area (Å²) in [5, 5.41) is 0. The first-order chi connectivity index (χ1) is 6.76. The first kappa shape index (κ1) is 13.0. The molecule has 0 amide bonds. The Hall–Kier alpha value is -0.110. The molecule has 0 atom stereocenters. The Balaban J connectivity index is 3.42. The first-order valence-electron chi connectivity index (χ1n) is 3.94. The molecule has 15 heavy (non-hydrogen) atoms. The second-order valence-corrected chi connectivity index (χ2v) is 6.95. The quantitative estimate of drug-likeness (QED) is 0.824. The molecule has 84 valence electrons. The Morgan fingerprint density at radius 3 is 1.93 bits per heavy atom. The van der Waals surface area contributed by atoms with Crippen molar-refractivity contribution in [1.29, 1.82) is 0 Å². The predicted octanol–water partition coefficient (Wildman–Crippen LogP) is 2.04. The van der Waals surface area contributed by atoms with Crippen molar-refractivity contribution in [3.05, 3.63) is 21.1 Å². The number of nitrogen functional groups attached to an aromatic ring is 1. The molecule has 1 aromatic rings. The summed E-state index contributed by atoms with van der Waals surface area (Å²) in [5.74, 6) is 0. The van der Waals surface area contributed by atoms with E-state index in [9.17, 15) is 8.42 Å². The third kappa shape index (κ3) is 2.52. The zero-order valence-electron chi connectivity index (χ0n) is 8.16. The van der Waals surface area contributed by atoms with Crippen LogP contribution in [-0.4, -0.2) is 26.8 Å². The molecule has 0 aliphatic carbocycles. The number of halogens is 2. The molecule has 1 aromatic carbocycles. The Bertz CT molecular complexity index is 462. The number of hydrogen-bond acceptors (Lipinski definition) is 3. The lowest BCUT2D eigenvalue weighted by molar-refractivity contribution is 0.520. The number of benzene rings is 1. The van der Waals surface area contributed by atoms with E-state index in [4.69, 9.17) is 5.73 Å². The summed E-state index contributed by atoms with van der Waals surface area (Å²) in [6.07, 6.45) is 0. The monoisotopic (exact) mass is 356 g/mol. The van der Waals surface area contributed by atoms with Gasteiger partial charge in [0.25, 0.3) is 0 Å². The Morgan fingerprint density at radius 2 is 1.60 bits per heavy atom. The number of nitrogens with zero attached hydrogens (tertiary/aromatic N) is 1. The van der Waals surface area contributed by atoms with E-state index in [0.29, 0.717) is 14.6 Å². The normalized spacial score (nSPS) is 12.1. The van der Waals surface area contributed by atoms with Crippen LogP contribution in [0, 0.1) is 0 Å². The summed E-state index contributed by atoms with van der Waals surface area (Å²) in [5.41, 5.74) is 6.15. The summed E-state index contributed by atoms with van der Waals surface area (Å²) in [6, 6.07) is 2.96. The van der Waals surface area contributed by atoms with Crippen LogP contribution >= 0.6 is 31.9 Å². The Morgan fingerprint density at radius 1 is 1.20 bits per heavy atom. The third-order valence-electron chi connectivity index (χ3n) is 1.83. The van der Waals surface area contributed by atoms with Crippen LogP contribution in [0.2, 0.25) is 0 Å².